The molecule has 0 bridgehead atoms. The van der Waals surface area contributed by atoms with Gasteiger partial charge in [-0.25, -0.2) is 9.37 Å². The number of halogens is 1. The molecule has 1 amide bonds. The van der Waals surface area contributed by atoms with Crippen molar-refractivity contribution in [3.05, 3.63) is 59.7 Å². The third-order valence-corrected chi connectivity index (χ3v) is 4.14. The molecule has 0 aliphatic rings. The smallest absolute Gasteiger partial charge is 0.273 e. The Balaban J connectivity index is 2.01. The zero-order valence-electron chi connectivity index (χ0n) is 13.8. The Morgan fingerprint density at radius 1 is 1.25 bits per heavy atom. The molecule has 5 heteroatoms. The van der Waals surface area contributed by atoms with Crippen LogP contribution in [0.5, 0.6) is 0 Å². The fourth-order valence-corrected chi connectivity index (χ4v) is 2.94. The summed E-state index contributed by atoms with van der Waals surface area (Å²) in [6.07, 6.45) is 3.13. The summed E-state index contributed by atoms with van der Waals surface area (Å²) in [4.78, 5) is 16.7. The van der Waals surface area contributed by atoms with Gasteiger partial charge in [-0.2, -0.15) is 0 Å². The molecule has 1 aromatic carbocycles. The number of amides is 1. The molecule has 124 valence electrons. The summed E-state index contributed by atoms with van der Waals surface area (Å²) >= 11 is 0. The molecule has 2 aromatic heterocycles. The fraction of sp³-hybridized carbons (Fsp3) is 0.263. The minimum Gasteiger partial charge on any atom is -0.336 e. The van der Waals surface area contributed by atoms with E-state index < -0.39 is 5.82 Å². The normalized spacial score (nSPS) is 11.0. The molecule has 0 spiro atoms. The lowest BCUT2D eigenvalue weighted by Gasteiger charge is -2.11. The Bertz CT molecular complexity index is 868. The van der Waals surface area contributed by atoms with Crippen molar-refractivity contribution in [2.24, 2.45) is 0 Å². The SMILES string of the molecule is CCCCn1c(C(=O)Nc2ccc(F)cn2)c(C)c2ccccc21. The highest BCUT2D eigenvalue weighted by Crippen LogP contribution is 2.26. The van der Waals surface area contributed by atoms with Crippen molar-refractivity contribution < 1.29 is 9.18 Å². The first-order chi connectivity index (χ1) is 11.6. The Morgan fingerprint density at radius 2 is 2.04 bits per heavy atom. The van der Waals surface area contributed by atoms with Crippen LogP contribution in [0.15, 0.2) is 42.6 Å². The highest BCUT2D eigenvalue weighted by molar-refractivity contribution is 6.08. The van der Waals surface area contributed by atoms with Crippen molar-refractivity contribution in [1.29, 1.82) is 0 Å². The summed E-state index contributed by atoms with van der Waals surface area (Å²) in [6, 6.07) is 10.8. The summed E-state index contributed by atoms with van der Waals surface area (Å²) in [5.41, 5.74) is 2.64. The molecule has 0 unspecified atom stereocenters. The van der Waals surface area contributed by atoms with Gasteiger partial charge < -0.3 is 9.88 Å². The largest absolute Gasteiger partial charge is 0.336 e. The summed E-state index contributed by atoms with van der Waals surface area (Å²) in [6.45, 7) is 4.86. The summed E-state index contributed by atoms with van der Waals surface area (Å²) in [5.74, 6) is -0.312. The van der Waals surface area contributed by atoms with Crippen molar-refractivity contribution in [3.63, 3.8) is 0 Å². The number of nitrogens with one attached hydrogen (secondary N) is 1. The number of nitrogens with zero attached hydrogens (tertiary/aromatic N) is 2. The van der Waals surface area contributed by atoms with E-state index in [9.17, 15) is 9.18 Å². The molecule has 3 rings (SSSR count). The lowest BCUT2D eigenvalue weighted by Crippen LogP contribution is -2.19. The highest BCUT2D eigenvalue weighted by atomic mass is 19.1. The van der Waals surface area contributed by atoms with E-state index >= 15 is 0 Å². The molecule has 0 aliphatic heterocycles. The van der Waals surface area contributed by atoms with Gasteiger partial charge in [-0.1, -0.05) is 31.5 Å². The van der Waals surface area contributed by atoms with Gasteiger partial charge in [0.15, 0.2) is 0 Å². The molecular weight excluding hydrogens is 305 g/mol. The topological polar surface area (TPSA) is 46.9 Å². The number of hydrogen-bond donors (Lipinski definition) is 1. The van der Waals surface area contributed by atoms with Crippen LogP contribution in [0.1, 0.15) is 35.8 Å². The Hall–Kier alpha value is -2.69. The maximum Gasteiger partial charge on any atom is 0.273 e. The van der Waals surface area contributed by atoms with Crippen LogP contribution in [0.2, 0.25) is 0 Å². The number of carbonyl (C=O) groups excluding carboxylic acids is 1. The van der Waals surface area contributed by atoms with Gasteiger partial charge in [0.05, 0.1) is 6.20 Å². The van der Waals surface area contributed by atoms with Crippen molar-refractivity contribution in [3.8, 4) is 0 Å². The van der Waals surface area contributed by atoms with Crippen molar-refractivity contribution >= 4 is 22.6 Å². The van der Waals surface area contributed by atoms with E-state index in [4.69, 9.17) is 0 Å². The van der Waals surface area contributed by atoms with Gasteiger partial charge in [0, 0.05) is 17.4 Å². The van der Waals surface area contributed by atoms with Gasteiger partial charge in [0.25, 0.3) is 5.91 Å². The number of pyridine rings is 1. The second kappa shape index (κ2) is 6.83. The Labute approximate surface area is 140 Å². The van der Waals surface area contributed by atoms with Crippen LogP contribution >= 0.6 is 0 Å². The van der Waals surface area contributed by atoms with E-state index in [1.54, 1.807) is 0 Å². The highest BCUT2D eigenvalue weighted by Gasteiger charge is 2.20. The van der Waals surface area contributed by atoms with Gasteiger partial charge in [-0.05, 0) is 37.1 Å². The molecule has 3 aromatic rings. The molecule has 4 nitrogen and oxygen atoms in total. The zero-order chi connectivity index (χ0) is 17.1. The van der Waals surface area contributed by atoms with Crippen LogP contribution in [-0.2, 0) is 6.54 Å². The van der Waals surface area contributed by atoms with E-state index in [-0.39, 0.29) is 5.91 Å². The average Bonchev–Trinajstić information content (AvgIpc) is 2.88. The van der Waals surface area contributed by atoms with E-state index in [1.807, 2.05) is 31.2 Å². The first-order valence-electron chi connectivity index (χ1n) is 8.12. The van der Waals surface area contributed by atoms with Crippen LogP contribution in [0.3, 0.4) is 0 Å². The van der Waals surface area contributed by atoms with Gasteiger partial charge in [0.2, 0.25) is 0 Å². The number of benzene rings is 1. The van der Waals surface area contributed by atoms with Gasteiger partial charge in [-0.3, -0.25) is 4.79 Å². The minimum absolute atomic E-state index is 0.223. The Morgan fingerprint density at radius 3 is 2.75 bits per heavy atom. The van der Waals surface area contributed by atoms with E-state index in [0.717, 1.165) is 42.0 Å². The Kier molecular flexibility index (Phi) is 4.60. The number of unbranched alkanes of at least 4 members (excludes halogenated alkanes) is 1. The quantitative estimate of drug-likeness (QED) is 0.749. The number of anilines is 1. The number of fused-ring (bicyclic) bond motifs is 1. The van der Waals surface area contributed by atoms with Crippen molar-refractivity contribution in [2.75, 3.05) is 5.32 Å². The molecule has 24 heavy (non-hydrogen) atoms. The number of rotatable bonds is 5. The molecule has 0 radical (unpaired) electrons. The van der Waals surface area contributed by atoms with E-state index in [0.29, 0.717) is 11.5 Å². The maximum absolute atomic E-state index is 13.0. The predicted molar refractivity (Wildman–Crippen MR) is 93.7 cm³/mol. The van der Waals surface area contributed by atoms with Crippen LogP contribution < -0.4 is 5.32 Å². The van der Waals surface area contributed by atoms with Crippen molar-refractivity contribution in [2.45, 2.75) is 33.2 Å². The van der Waals surface area contributed by atoms with Crippen LogP contribution in [0.4, 0.5) is 10.2 Å². The first kappa shape index (κ1) is 16.2. The second-order valence-electron chi connectivity index (χ2n) is 5.81. The van der Waals surface area contributed by atoms with Gasteiger partial charge in [-0.15, -0.1) is 0 Å². The molecule has 0 saturated carbocycles. The van der Waals surface area contributed by atoms with Gasteiger partial charge in [0.1, 0.15) is 17.3 Å². The molecule has 0 aliphatic carbocycles. The fourth-order valence-electron chi connectivity index (χ4n) is 2.94. The monoisotopic (exact) mass is 325 g/mol. The third kappa shape index (κ3) is 3.02. The van der Waals surface area contributed by atoms with Crippen LogP contribution in [0.25, 0.3) is 10.9 Å². The maximum atomic E-state index is 13.0. The summed E-state index contributed by atoms with van der Waals surface area (Å²) < 4.78 is 15.0. The number of para-hydroxylation sites is 1. The molecular formula is C19H20FN3O. The molecule has 2 heterocycles. The number of aromatic nitrogens is 2. The predicted octanol–water partition coefficient (Wildman–Crippen LogP) is 4.54. The van der Waals surface area contributed by atoms with Crippen molar-refractivity contribution in [1.82, 2.24) is 9.55 Å². The zero-order valence-corrected chi connectivity index (χ0v) is 13.8. The molecule has 0 fully saturated rings. The third-order valence-electron chi connectivity index (χ3n) is 4.14. The van der Waals surface area contributed by atoms with Crippen LogP contribution in [-0.4, -0.2) is 15.5 Å². The number of hydrogen-bond acceptors (Lipinski definition) is 2. The second-order valence-corrected chi connectivity index (χ2v) is 5.81. The minimum atomic E-state index is -0.429. The molecule has 1 N–H and O–H groups in total. The van der Waals surface area contributed by atoms with E-state index in [1.165, 1.54) is 12.1 Å². The molecule has 0 atom stereocenters. The first-order valence-corrected chi connectivity index (χ1v) is 8.12. The number of aryl methyl sites for hydroxylation is 2. The average molecular weight is 325 g/mol. The lowest BCUT2D eigenvalue weighted by atomic mass is 10.1. The molecule has 0 saturated heterocycles. The van der Waals surface area contributed by atoms with Crippen LogP contribution in [0, 0.1) is 12.7 Å². The lowest BCUT2D eigenvalue weighted by molar-refractivity contribution is 0.101. The summed E-state index contributed by atoms with van der Waals surface area (Å²) in [5, 5.41) is 3.84. The number of carbonyl (C=O) groups is 1. The standard InChI is InChI=1S/C19H20FN3O/c1-3-4-11-23-16-8-6-5-7-15(16)13(2)18(23)19(24)22-17-10-9-14(20)12-21-17/h5-10,12H,3-4,11H2,1-2H3,(H,21,22,24). The summed E-state index contributed by atoms with van der Waals surface area (Å²) in [7, 11) is 0. The van der Waals surface area contributed by atoms with Gasteiger partial charge >= 0.3 is 0 Å². The van der Waals surface area contributed by atoms with E-state index in [2.05, 4.69) is 21.8 Å².